The lowest BCUT2D eigenvalue weighted by molar-refractivity contribution is -0.385. The van der Waals surface area contributed by atoms with E-state index in [1.165, 1.54) is 4.68 Å². The molecule has 7 heteroatoms. The van der Waals surface area contributed by atoms with Crippen LogP contribution >= 0.6 is 27.5 Å². The lowest BCUT2D eigenvalue weighted by Crippen LogP contribution is -2.14. The van der Waals surface area contributed by atoms with E-state index in [1.54, 1.807) is 0 Å². The summed E-state index contributed by atoms with van der Waals surface area (Å²) in [6.45, 7) is 6.00. The van der Waals surface area contributed by atoms with E-state index in [0.717, 1.165) is 10.0 Å². The fraction of sp³-hybridized carbons (Fsp3) is 0.357. The first-order valence-electron chi connectivity index (χ1n) is 6.36. The molecule has 1 heterocycles. The summed E-state index contributed by atoms with van der Waals surface area (Å²) in [5.74, 6) is 0. The molecule has 21 heavy (non-hydrogen) atoms. The van der Waals surface area contributed by atoms with Crippen molar-refractivity contribution in [3.8, 4) is 0 Å². The van der Waals surface area contributed by atoms with Crippen LogP contribution in [0.5, 0.6) is 0 Å². The summed E-state index contributed by atoms with van der Waals surface area (Å²) in [5, 5.41) is 15.7. The van der Waals surface area contributed by atoms with E-state index >= 15 is 0 Å². The van der Waals surface area contributed by atoms with Gasteiger partial charge >= 0.3 is 5.69 Å². The Balaban J connectivity index is 2.51. The van der Waals surface area contributed by atoms with Gasteiger partial charge in [-0.25, -0.2) is 4.68 Å². The minimum Gasteiger partial charge on any atom is -0.258 e. The summed E-state index contributed by atoms with van der Waals surface area (Å²) in [6.07, 6.45) is 0. The molecule has 0 bridgehead atoms. The fourth-order valence-corrected chi connectivity index (χ4v) is 2.66. The van der Waals surface area contributed by atoms with Crippen molar-refractivity contribution < 1.29 is 4.92 Å². The lowest BCUT2D eigenvalue weighted by atomic mass is 9.91. The van der Waals surface area contributed by atoms with Crippen LogP contribution in [0.25, 0.3) is 0 Å². The third-order valence-corrected chi connectivity index (χ3v) is 4.19. The van der Waals surface area contributed by atoms with E-state index in [1.807, 2.05) is 45.0 Å². The maximum absolute atomic E-state index is 11.3. The molecule has 0 aliphatic heterocycles. The highest BCUT2D eigenvalue weighted by Gasteiger charge is 2.34. The Morgan fingerprint density at radius 3 is 2.48 bits per heavy atom. The molecule has 112 valence electrons. The van der Waals surface area contributed by atoms with Gasteiger partial charge in [0.1, 0.15) is 5.69 Å². The summed E-state index contributed by atoms with van der Waals surface area (Å²) in [5.41, 5.74) is 0.781. The highest BCUT2D eigenvalue weighted by Crippen LogP contribution is 2.36. The van der Waals surface area contributed by atoms with Crippen LogP contribution in [-0.4, -0.2) is 14.7 Å². The van der Waals surface area contributed by atoms with Crippen LogP contribution in [0.2, 0.25) is 5.15 Å². The van der Waals surface area contributed by atoms with Gasteiger partial charge in [0.05, 0.1) is 11.5 Å². The summed E-state index contributed by atoms with van der Waals surface area (Å²) < 4.78 is 2.39. The van der Waals surface area contributed by atoms with Crippen LogP contribution in [0.3, 0.4) is 0 Å². The molecule has 2 aromatic rings. The average Bonchev–Trinajstić information content (AvgIpc) is 2.70. The minimum atomic E-state index is -0.466. The van der Waals surface area contributed by atoms with Crippen LogP contribution in [0.15, 0.2) is 28.7 Å². The molecule has 0 aliphatic carbocycles. The Labute approximate surface area is 136 Å². The van der Waals surface area contributed by atoms with E-state index < -0.39 is 10.3 Å². The number of halogens is 2. The quantitative estimate of drug-likeness (QED) is 0.586. The van der Waals surface area contributed by atoms with E-state index in [4.69, 9.17) is 11.6 Å². The smallest absolute Gasteiger partial charge is 0.258 e. The molecule has 0 spiro atoms. The van der Waals surface area contributed by atoms with Gasteiger partial charge in [0, 0.05) is 9.89 Å². The van der Waals surface area contributed by atoms with Gasteiger partial charge in [-0.2, -0.15) is 5.10 Å². The van der Waals surface area contributed by atoms with Gasteiger partial charge in [-0.15, -0.1) is 0 Å². The number of benzene rings is 1. The van der Waals surface area contributed by atoms with Gasteiger partial charge in [-0.3, -0.25) is 10.1 Å². The molecule has 0 atom stereocenters. The first kappa shape index (κ1) is 16.0. The molecular weight excluding hydrogens is 358 g/mol. The Kier molecular flexibility index (Phi) is 4.39. The van der Waals surface area contributed by atoms with Gasteiger partial charge < -0.3 is 0 Å². The van der Waals surface area contributed by atoms with Gasteiger partial charge in [0.15, 0.2) is 0 Å². The standard InChI is InChI=1S/C14H15BrClN3O2/c1-14(2,3)12-11(19(20)21)13(16)18(17-12)8-9-6-4-5-7-10(9)15/h4-7H,8H2,1-3H3. The first-order valence-corrected chi connectivity index (χ1v) is 7.53. The van der Waals surface area contributed by atoms with Crippen molar-refractivity contribution in [2.75, 3.05) is 0 Å². The second-order valence-electron chi connectivity index (χ2n) is 5.74. The summed E-state index contributed by atoms with van der Waals surface area (Å²) in [6, 6.07) is 7.63. The number of nitrogens with zero attached hydrogens (tertiary/aromatic N) is 3. The molecular formula is C14H15BrClN3O2. The molecule has 0 N–H and O–H groups in total. The molecule has 0 fully saturated rings. The molecule has 0 aliphatic rings. The topological polar surface area (TPSA) is 61.0 Å². The van der Waals surface area contributed by atoms with Crippen LogP contribution in [0, 0.1) is 10.1 Å². The molecule has 0 radical (unpaired) electrons. The van der Waals surface area contributed by atoms with E-state index in [2.05, 4.69) is 21.0 Å². The van der Waals surface area contributed by atoms with Crippen molar-refractivity contribution in [3.63, 3.8) is 0 Å². The summed E-state index contributed by atoms with van der Waals surface area (Å²) in [7, 11) is 0. The van der Waals surface area contributed by atoms with Crippen molar-refractivity contribution in [2.24, 2.45) is 0 Å². The van der Waals surface area contributed by atoms with Gasteiger partial charge in [0.25, 0.3) is 0 Å². The zero-order chi connectivity index (χ0) is 15.8. The van der Waals surface area contributed by atoms with Gasteiger partial charge in [-0.1, -0.05) is 66.5 Å². The fourth-order valence-electron chi connectivity index (χ4n) is 1.99. The number of nitro groups is 1. The van der Waals surface area contributed by atoms with Crippen LogP contribution < -0.4 is 0 Å². The third-order valence-electron chi connectivity index (χ3n) is 3.04. The maximum Gasteiger partial charge on any atom is 0.329 e. The first-order chi connectivity index (χ1) is 9.71. The van der Waals surface area contributed by atoms with Crippen molar-refractivity contribution in [1.29, 1.82) is 0 Å². The van der Waals surface area contributed by atoms with Gasteiger partial charge in [-0.05, 0) is 11.6 Å². The molecule has 0 saturated carbocycles. The SMILES string of the molecule is CC(C)(C)c1nn(Cc2ccccc2Br)c(Cl)c1[N+](=O)[O-]. The average molecular weight is 373 g/mol. The number of hydrogen-bond acceptors (Lipinski definition) is 3. The van der Waals surface area contributed by atoms with Gasteiger partial charge in [0.2, 0.25) is 5.15 Å². The zero-order valence-electron chi connectivity index (χ0n) is 11.9. The Morgan fingerprint density at radius 1 is 1.38 bits per heavy atom. The van der Waals surface area contributed by atoms with Crippen molar-refractivity contribution >= 4 is 33.2 Å². The van der Waals surface area contributed by atoms with E-state index in [0.29, 0.717) is 12.2 Å². The summed E-state index contributed by atoms with van der Waals surface area (Å²) >= 11 is 9.63. The predicted octanol–water partition coefficient (Wildman–Crippen LogP) is 4.55. The molecule has 0 saturated heterocycles. The number of aromatic nitrogens is 2. The number of hydrogen-bond donors (Lipinski definition) is 0. The highest BCUT2D eigenvalue weighted by molar-refractivity contribution is 9.10. The second-order valence-corrected chi connectivity index (χ2v) is 6.96. The highest BCUT2D eigenvalue weighted by atomic mass is 79.9. The number of rotatable bonds is 3. The molecule has 0 unspecified atom stereocenters. The van der Waals surface area contributed by atoms with Crippen LogP contribution in [0.4, 0.5) is 5.69 Å². The third kappa shape index (κ3) is 3.27. The molecule has 0 amide bonds. The van der Waals surface area contributed by atoms with E-state index in [9.17, 15) is 10.1 Å². The Hall–Kier alpha value is -1.40. The lowest BCUT2D eigenvalue weighted by Gasteiger charge is -2.13. The molecule has 1 aromatic heterocycles. The maximum atomic E-state index is 11.3. The van der Waals surface area contributed by atoms with Crippen molar-refractivity contribution in [3.05, 3.63) is 55.3 Å². The largest absolute Gasteiger partial charge is 0.329 e. The monoisotopic (exact) mass is 371 g/mol. The summed E-state index contributed by atoms with van der Waals surface area (Å²) in [4.78, 5) is 10.8. The predicted molar refractivity (Wildman–Crippen MR) is 85.8 cm³/mol. The normalized spacial score (nSPS) is 11.7. The van der Waals surface area contributed by atoms with Crippen LogP contribution in [-0.2, 0) is 12.0 Å². The zero-order valence-corrected chi connectivity index (χ0v) is 14.3. The second kappa shape index (κ2) is 5.77. The Morgan fingerprint density at radius 2 is 2.00 bits per heavy atom. The molecule has 2 rings (SSSR count). The van der Waals surface area contributed by atoms with E-state index in [-0.39, 0.29) is 10.8 Å². The van der Waals surface area contributed by atoms with Crippen molar-refractivity contribution in [2.45, 2.75) is 32.7 Å². The molecule has 1 aromatic carbocycles. The Bertz CT molecular complexity index is 692. The van der Waals surface area contributed by atoms with Crippen molar-refractivity contribution in [1.82, 2.24) is 9.78 Å². The minimum absolute atomic E-state index is 0.0562. The molecule has 5 nitrogen and oxygen atoms in total. The van der Waals surface area contributed by atoms with Crippen LogP contribution in [0.1, 0.15) is 32.0 Å².